The van der Waals surface area contributed by atoms with E-state index in [1.165, 1.54) is 6.08 Å². The van der Waals surface area contributed by atoms with E-state index in [4.69, 9.17) is 0 Å². The number of esters is 1. The van der Waals surface area contributed by atoms with Crippen LogP contribution in [0.15, 0.2) is 36.9 Å². The van der Waals surface area contributed by atoms with Crippen molar-refractivity contribution in [3.05, 3.63) is 48.0 Å². The van der Waals surface area contributed by atoms with Crippen LogP contribution in [0.1, 0.15) is 36.7 Å². The Morgan fingerprint density at radius 3 is 2.32 bits per heavy atom. The van der Waals surface area contributed by atoms with Gasteiger partial charge in [-0.05, 0) is 38.8 Å². The van der Waals surface area contributed by atoms with Crippen LogP contribution in [0.25, 0.3) is 0 Å². The van der Waals surface area contributed by atoms with Crippen LogP contribution in [0, 0.1) is 0 Å². The van der Waals surface area contributed by atoms with E-state index in [-0.39, 0.29) is 18.1 Å². The lowest BCUT2D eigenvalue weighted by Crippen LogP contribution is -2.44. The average Bonchev–Trinajstić information content (AvgIpc) is 2.46. The Morgan fingerprint density at radius 2 is 1.82 bits per heavy atom. The van der Waals surface area contributed by atoms with Crippen molar-refractivity contribution in [2.45, 2.75) is 32.7 Å². The minimum atomic E-state index is -0.853. The molecular formula is C17H21NO4. The highest BCUT2D eigenvalue weighted by molar-refractivity contribution is 6.40. The number of amides is 1. The Labute approximate surface area is 130 Å². The Bertz CT molecular complexity index is 573. The van der Waals surface area contributed by atoms with E-state index in [2.05, 4.69) is 16.6 Å². The molecule has 22 heavy (non-hydrogen) atoms. The Morgan fingerprint density at radius 1 is 1.23 bits per heavy atom. The first-order valence-corrected chi connectivity index (χ1v) is 7.04. The summed E-state index contributed by atoms with van der Waals surface area (Å²) in [5.74, 6) is -1.75. The van der Waals surface area contributed by atoms with Crippen molar-refractivity contribution in [1.29, 1.82) is 0 Å². The smallest absolute Gasteiger partial charge is 0.379 e. The van der Waals surface area contributed by atoms with Gasteiger partial charge in [0.15, 0.2) is 0 Å². The van der Waals surface area contributed by atoms with Crippen LogP contribution in [0.4, 0.5) is 0 Å². The fourth-order valence-electron chi connectivity index (χ4n) is 2.03. The lowest BCUT2D eigenvalue weighted by Gasteiger charge is -2.25. The quantitative estimate of drug-likeness (QED) is 0.362. The molecule has 0 atom stereocenters. The number of rotatable bonds is 7. The fraction of sp³-hybridized carbons (Fsp3) is 0.353. The van der Waals surface area contributed by atoms with Gasteiger partial charge in [0.05, 0.1) is 6.61 Å². The molecule has 1 aromatic carbocycles. The molecule has 118 valence electrons. The number of hydrogen-bond donors (Lipinski definition) is 1. The summed E-state index contributed by atoms with van der Waals surface area (Å²) in [6.07, 6.45) is 1.81. The van der Waals surface area contributed by atoms with Gasteiger partial charge < -0.3 is 10.1 Å². The average molecular weight is 303 g/mol. The standard InChI is InChI=1S/C17H21NO4/c1-5-14(19)18-17(3,4)11-12-7-9-13(10-8-12)15(20)16(21)22-6-2/h5,7-10H,1,6,11H2,2-4H3,(H,18,19). The predicted octanol–water partition coefficient (Wildman–Crippen LogP) is 2.06. The van der Waals surface area contributed by atoms with Gasteiger partial charge in [-0.25, -0.2) is 4.79 Å². The minimum Gasteiger partial charge on any atom is -0.460 e. The zero-order chi connectivity index (χ0) is 16.8. The number of ketones is 1. The van der Waals surface area contributed by atoms with E-state index < -0.39 is 17.3 Å². The van der Waals surface area contributed by atoms with Crippen molar-refractivity contribution in [1.82, 2.24) is 5.32 Å². The SMILES string of the molecule is C=CC(=O)NC(C)(C)Cc1ccc(C(=O)C(=O)OCC)cc1. The predicted molar refractivity (Wildman–Crippen MR) is 83.5 cm³/mol. The lowest BCUT2D eigenvalue weighted by molar-refractivity contribution is -0.137. The zero-order valence-electron chi connectivity index (χ0n) is 13.1. The van der Waals surface area contributed by atoms with Gasteiger partial charge in [0.25, 0.3) is 5.78 Å². The molecule has 0 aliphatic carbocycles. The third-order valence-corrected chi connectivity index (χ3v) is 2.97. The minimum absolute atomic E-state index is 0.167. The van der Waals surface area contributed by atoms with Crippen LogP contribution in [-0.4, -0.2) is 29.8 Å². The van der Waals surface area contributed by atoms with Crippen LogP contribution in [-0.2, 0) is 20.7 Å². The molecule has 0 bridgehead atoms. The van der Waals surface area contributed by atoms with Gasteiger partial charge in [-0.2, -0.15) is 0 Å². The molecule has 0 aliphatic rings. The Hall–Kier alpha value is -2.43. The van der Waals surface area contributed by atoms with Crippen molar-refractivity contribution in [3.63, 3.8) is 0 Å². The van der Waals surface area contributed by atoms with Crippen LogP contribution in [0.2, 0.25) is 0 Å². The number of benzene rings is 1. The second kappa shape index (κ2) is 7.54. The number of carbonyl (C=O) groups excluding carboxylic acids is 3. The highest BCUT2D eigenvalue weighted by Gasteiger charge is 2.21. The van der Waals surface area contributed by atoms with E-state index >= 15 is 0 Å². The second-order valence-electron chi connectivity index (χ2n) is 5.50. The summed E-state index contributed by atoms with van der Waals surface area (Å²) in [4.78, 5) is 34.5. The number of ether oxygens (including phenoxy) is 1. The molecule has 0 saturated heterocycles. The molecule has 0 aliphatic heterocycles. The van der Waals surface area contributed by atoms with E-state index in [0.717, 1.165) is 5.56 Å². The molecule has 0 radical (unpaired) electrons. The maximum atomic E-state index is 11.8. The summed E-state index contributed by atoms with van der Waals surface area (Å²) in [7, 11) is 0. The van der Waals surface area contributed by atoms with E-state index in [9.17, 15) is 14.4 Å². The van der Waals surface area contributed by atoms with E-state index in [1.54, 1.807) is 31.2 Å². The molecule has 1 aromatic rings. The van der Waals surface area contributed by atoms with Crippen molar-refractivity contribution >= 4 is 17.7 Å². The highest BCUT2D eigenvalue weighted by Crippen LogP contribution is 2.14. The van der Waals surface area contributed by atoms with Gasteiger partial charge in [-0.3, -0.25) is 9.59 Å². The molecule has 0 fully saturated rings. The molecule has 0 saturated carbocycles. The lowest BCUT2D eigenvalue weighted by atomic mass is 9.94. The largest absolute Gasteiger partial charge is 0.460 e. The number of hydrogen-bond acceptors (Lipinski definition) is 4. The fourth-order valence-corrected chi connectivity index (χ4v) is 2.03. The summed E-state index contributed by atoms with van der Waals surface area (Å²) in [6, 6.07) is 6.68. The molecule has 0 aromatic heterocycles. The van der Waals surface area contributed by atoms with Gasteiger partial charge >= 0.3 is 5.97 Å². The van der Waals surface area contributed by atoms with Gasteiger partial charge in [-0.15, -0.1) is 0 Å². The first-order valence-electron chi connectivity index (χ1n) is 7.04. The topological polar surface area (TPSA) is 72.5 Å². The van der Waals surface area contributed by atoms with Crippen LogP contribution in [0.3, 0.4) is 0 Å². The van der Waals surface area contributed by atoms with Crippen LogP contribution in [0.5, 0.6) is 0 Å². The van der Waals surface area contributed by atoms with Gasteiger partial charge in [0, 0.05) is 11.1 Å². The highest BCUT2D eigenvalue weighted by atomic mass is 16.5. The van der Waals surface area contributed by atoms with Crippen molar-refractivity contribution in [3.8, 4) is 0 Å². The van der Waals surface area contributed by atoms with Crippen molar-refractivity contribution in [2.75, 3.05) is 6.61 Å². The molecular weight excluding hydrogens is 282 g/mol. The molecule has 1 N–H and O–H groups in total. The number of nitrogens with one attached hydrogen (secondary N) is 1. The monoisotopic (exact) mass is 303 g/mol. The van der Waals surface area contributed by atoms with Gasteiger partial charge in [0.1, 0.15) is 0 Å². The molecule has 0 spiro atoms. The van der Waals surface area contributed by atoms with Gasteiger partial charge in [0.2, 0.25) is 5.91 Å². The molecule has 0 unspecified atom stereocenters. The van der Waals surface area contributed by atoms with Crippen LogP contribution < -0.4 is 5.32 Å². The molecule has 1 amide bonds. The summed E-state index contributed by atoms with van der Waals surface area (Å²) in [5, 5.41) is 2.83. The molecule has 0 heterocycles. The zero-order valence-corrected chi connectivity index (χ0v) is 13.1. The first kappa shape index (κ1) is 17.6. The molecule has 5 nitrogen and oxygen atoms in total. The summed E-state index contributed by atoms with van der Waals surface area (Å²) in [5.41, 5.74) is 0.780. The summed E-state index contributed by atoms with van der Waals surface area (Å²) in [6.45, 7) is 9.02. The maximum absolute atomic E-state index is 11.8. The maximum Gasteiger partial charge on any atom is 0.379 e. The summed E-state index contributed by atoms with van der Waals surface area (Å²) < 4.78 is 4.68. The van der Waals surface area contributed by atoms with Crippen molar-refractivity contribution in [2.24, 2.45) is 0 Å². The number of Topliss-reactive ketones (excluding diaryl/α,β-unsaturated/α-hetero) is 1. The summed E-state index contributed by atoms with van der Waals surface area (Å²) >= 11 is 0. The van der Waals surface area contributed by atoms with Crippen molar-refractivity contribution < 1.29 is 19.1 Å². The number of carbonyl (C=O) groups is 3. The Kier molecular flexibility index (Phi) is 6.04. The van der Waals surface area contributed by atoms with E-state index in [1.807, 2.05) is 13.8 Å². The van der Waals surface area contributed by atoms with Crippen LogP contribution >= 0.6 is 0 Å². The first-order chi connectivity index (χ1) is 10.3. The van der Waals surface area contributed by atoms with E-state index in [0.29, 0.717) is 6.42 Å². The Balaban J connectivity index is 2.76. The molecule has 5 heteroatoms. The molecule has 1 rings (SSSR count). The van der Waals surface area contributed by atoms with Gasteiger partial charge in [-0.1, -0.05) is 30.8 Å². The normalized spacial score (nSPS) is 10.7. The second-order valence-corrected chi connectivity index (χ2v) is 5.50. The third kappa shape index (κ3) is 5.16. The third-order valence-electron chi connectivity index (χ3n) is 2.97.